The summed E-state index contributed by atoms with van der Waals surface area (Å²) >= 11 is 6.33. The molecule has 0 aliphatic rings. The van der Waals surface area contributed by atoms with E-state index in [-0.39, 0.29) is 23.7 Å². The van der Waals surface area contributed by atoms with Crippen LogP contribution in [0.4, 0.5) is 5.69 Å². The summed E-state index contributed by atoms with van der Waals surface area (Å²) in [5.41, 5.74) is 5.77. The van der Waals surface area contributed by atoms with Gasteiger partial charge in [0.2, 0.25) is 20.0 Å². The van der Waals surface area contributed by atoms with Gasteiger partial charge in [0, 0.05) is 22.0 Å². The first kappa shape index (κ1) is 17.9. The Bertz CT molecular complexity index is 681. The van der Waals surface area contributed by atoms with Crippen molar-refractivity contribution in [2.45, 2.75) is 4.90 Å². The number of rotatable bonds is 6. The van der Waals surface area contributed by atoms with Crippen LogP contribution in [0.2, 0.25) is 0 Å². The molecule has 0 saturated carbocycles. The molecule has 0 fully saturated rings. The van der Waals surface area contributed by atoms with Crippen LogP contribution in [0.5, 0.6) is 0 Å². The number of benzene rings is 1. The molecule has 4 N–H and O–H groups in total. The topological polar surface area (TPSA) is 118 Å². The minimum atomic E-state index is -3.83. The highest BCUT2D eigenvalue weighted by atomic mass is 79.9. The van der Waals surface area contributed by atoms with E-state index in [1.54, 1.807) is 6.07 Å². The maximum atomic E-state index is 12.1. The van der Waals surface area contributed by atoms with Crippen molar-refractivity contribution in [3.63, 3.8) is 0 Å². The molecule has 0 atom stereocenters. The van der Waals surface area contributed by atoms with Crippen molar-refractivity contribution in [3.8, 4) is 0 Å². The van der Waals surface area contributed by atoms with Gasteiger partial charge in [0.25, 0.3) is 0 Å². The highest BCUT2D eigenvalue weighted by molar-refractivity contribution is 9.11. The van der Waals surface area contributed by atoms with Crippen LogP contribution in [0.1, 0.15) is 0 Å². The van der Waals surface area contributed by atoms with Crippen LogP contribution < -0.4 is 15.2 Å². The van der Waals surface area contributed by atoms with Crippen molar-refractivity contribution < 1.29 is 16.8 Å². The molecule has 1 aromatic carbocycles. The lowest BCUT2D eigenvalue weighted by atomic mass is 10.3. The quantitative estimate of drug-likeness (QED) is 0.433. The first-order valence-corrected chi connectivity index (χ1v) is 10.2. The van der Waals surface area contributed by atoms with Gasteiger partial charge in [-0.1, -0.05) is 15.9 Å². The van der Waals surface area contributed by atoms with Gasteiger partial charge in [0.1, 0.15) is 4.90 Å². The molecule has 20 heavy (non-hydrogen) atoms. The van der Waals surface area contributed by atoms with Gasteiger partial charge in [0.15, 0.2) is 0 Å². The highest BCUT2D eigenvalue weighted by Crippen LogP contribution is 2.31. The second-order valence-corrected chi connectivity index (χ2v) is 9.18. The van der Waals surface area contributed by atoms with Crippen LogP contribution >= 0.6 is 31.9 Å². The van der Waals surface area contributed by atoms with E-state index in [1.165, 1.54) is 6.07 Å². The van der Waals surface area contributed by atoms with Crippen molar-refractivity contribution in [3.05, 3.63) is 21.1 Å². The second-order valence-electron chi connectivity index (χ2n) is 3.87. The molecule has 0 radical (unpaired) electrons. The average Bonchev–Trinajstić information content (AvgIpc) is 2.21. The van der Waals surface area contributed by atoms with Gasteiger partial charge in [-0.2, -0.15) is 0 Å². The van der Waals surface area contributed by atoms with E-state index in [0.717, 1.165) is 6.26 Å². The molecule has 7 nitrogen and oxygen atoms in total. The Morgan fingerprint density at radius 1 is 1.10 bits per heavy atom. The Hall–Kier alpha value is -0.200. The zero-order chi connectivity index (χ0) is 15.6. The van der Waals surface area contributed by atoms with Gasteiger partial charge in [-0.05, 0) is 28.1 Å². The van der Waals surface area contributed by atoms with Gasteiger partial charge >= 0.3 is 0 Å². The van der Waals surface area contributed by atoms with Crippen molar-refractivity contribution in [1.82, 2.24) is 9.44 Å². The number of sulfonamides is 2. The molecule has 0 heterocycles. The molecular weight excluding hydrogens is 438 g/mol. The Morgan fingerprint density at radius 2 is 1.65 bits per heavy atom. The third-order valence-corrected chi connectivity index (χ3v) is 5.74. The smallest absolute Gasteiger partial charge is 0.243 e. The van der Waals surface area contributed by atoms with Gasteiger partial charge in [-0.15, -0.1) is 0 Å². The monoisotopic (exact) mass is 449 g/mol. The van der Waals surface area contributed by atoms with Crippen LogP contribution in [0.3, 0.4) is 0 Å². The van der Waals surface area contributed by atoms with Gasteiger partial charge in [-0.3, -0.25) is 0 Å². The Labute approximate surface area is 134 Å². The van der Waals surface area contributed by atoms with Crippen LogP contribution in [-0.2, 0) is 20.0 Å². The third kappa shape index (κ3) is 5.30. The number of halogens is 2. The van der Waals surface area contributed by atoms with Crippen LogP contribution in [-0.4, -0.2) is 36.2 Å². The number of nitrogens with two attached hydrogens (primary N) is 1. The number of nitrogen functional groups attached to an aromatic ring is 1. The van der Waals surface area contributed by atoms with E-state index in [0.29, 0.717) is 8.95 Å². The lowest BCUT2D eigenvalue weighted by Crippen LogP contribution is -2.34. The molecular formula is C9H13Br2N3O4S2. The maximum absolute atomic E-state index is 12.1. The predicted octanol–water partition coefficient (Wildman–Crippen LogP) is 0.621. The van der Waals surface area contributed by atoms with E-state index in [4.69, 9.17) is 5.73 Å². The number of hydrogen-bond acceptors (Lipinski definition) is 5. The van der Waals surface area contributed by atoms with Crippen molar-refractivity contribution >= 4 is 57.6 Å². The summed E-state index contributed by atoms with van der Waals surface area (Å²) in [6, 6.07) is 3.02. The largest absolute Gasteiger partial charge is 0.398 e. The van der Waals surface area contributed by atoms with E-state index in [2.05, 4.69) is 41.3 Å². The Balaban J connectivity index is 2.85. The molecule has 0 aliphatic carbocycles. The molecule has 0 unspecified atom stereocenters. The first-order valence-electron chi connectivity index (χ1n) is 5.22. The minimum absolute atomic E-state index is 0.0495. The Kier molecular flexibility index (Phi) is 5.99. The summed E-state index contributed by atoms with van der Waals surface area (Å²) < 4.78 is 51.3. The molecule has 0 aliphatic heterocycles. The van der Waals surface area contributed by atoms with E-state index in [9.17, 15) is 16.8 Å². The molecule has 0 bridgehead atoms. The van der Waals surface area contributed by atoms with Gasteiger partial charge in [0.05, 0.1) is 11.9 Å². The van der Waals surface area contributed by atoms with E-state index >= 15 is 0 Å². The lowest BCUT2D eigenvalue weighted by Gasteiger charge is -2.11. The van der Waals surface area contributed by atoms with Crippen LogP contribution in [0.15, 0.2) is 26.0 Å². The van der Waals surface area contributed by atoms with E-state index in [1.807, 2.05) is 0 Å². The molecule has 1 rings (SSSR count). The number of nitrogens with one attached hydrogen (secondary N) is 2. The standard InChI is InChI=1S/C9H13Br2N3O4S2/c1-19(15,16)13-2-3-14-20(17,18)9-7(11)4-6(10)5-8(9)12/h4-5,13-14H,2-3,12H2,1H3. The Morgan fingerprint density at radius 3 is 2.15 bits per heavy atom. The van der Waals surface area contributed by atoms with Crippen LogP contribution in [0, 0.1) is 0 Å². The normalized spacial score (nSPS) is 12.6. The fourth-order valence-corrected chi connectivity index (χ4v) is 4.93. The zero-order valence-electron chi connectivity index (χ0n) is 10.4. The fraction of sp³-hybridized carbons (Fsp3) is 0.333. The summed E-state index contributed by atoms with van der Waals surface area (Å²) in [7, 11) is -7.19. The highest BCUT2D eigenvalue weighted by Gasteiger charge is 2.21. The maximum Gasteiger partial charge on any atom is 0.243 e. The molecule has 1 aromatic rings. The van der Waals surface area contributed by atoms with Gasteiger partial charge < -0.3 is 5.73 Å². The zero-order valence-corrected chi connectivity index (χ0v) is 15.2. The molecule has 0 spiro atoms. The predicted molar refractivity (Wildman–Crippen MR) is 84.3 cm³/mol. The molecule has 114 valence electrons. The molecule has 0 aromatic heterocycles. The number of hydrogen-bond donors (Lipinski definition) is 3. The van der Waals surface area contributed by atoms with Gasteiger partial charge in [-0.25, -0.2) is 26.3 Å². The summed E-state index contributed by atoms with van der Waals surface area (Å²) in [5.74, 6) is 0. The third-order valence-electron chi connectivity index (χ3n) is 2.09. The van der Waals surface area contributed by atoms with Crippen molar-refractivity contribution in [2.24, 2.45) is 0 Å². The summed E-state index contributed by atoms with van der Waals surface area (Å²) in [4.78, 5) is -0.0833. The fourth-order valence-electron chi connectivity index (χ4n) is 1.36. The SMILES string of the molecule is CS(=O)(=O)NCCNS(=O)(=O)c1c(N)cc(Br)cc1Br. The summed E-state index contributed by atoms with van der Waals surface area (Å²) in [6.45, 7) is -0.135. The molecule has 0 amide bonds. The molecule has 0 saturated heterocycles. The summed E-state index contributed by atoms with van der Waals surface area (Å²) in [6.07, 6.45) is 0.991. The first-order chi connectivity index (χ1) is 9.03. The lowest BCUT2D eigenvalue weighted by molar-refractivity contribution is 0.573. The second kappa shape index (κ2) is 6.71. The average molecular weight is 451 g/mol. The summed E-state index contributed by atoms with van der Waals surface area (Å²) in [5, 5.41) is 0. The van der Waals surface area contributed by atoms with Crippen LogP contribution in [0.25, 0.3) is 0 Å². The number of anilines is 1. The molecule has 11 heteroatoms. The van der Waals surface area contributed by atoms with Crippen molar-refractivity contribution in [2.75, 3.05) is 25.1 Å². The van der Waals surface area contributed by atoms with Crippen molar-refractivity contribution in [1.29, 1.82) is 0 Å². The van der Waals surface area contributed by atoms with E-state index < -0.39 is 20.0 Å². The minimum Gasteiger partial charge on any atom is -0.398 e.